The van der Waals surface area contributed by atoms with Gasteiger partial charge in [0, 0.05) is 6.54 Å². The molecule has 0 radical (unpaired) electrons. The number of H-pyrrole nitrogens is 1. The van der Waals surface area contributed by atoms with Gasteiger partial charge in [0.05, 0.1) is 5.69 Å². The highest BCUT2D eigenvalue weighted by Crippen LogP contribution is 2.16. The standard InChI is InChI=1S/C7H11N3O4S/c1-3-8-15(13,14)6-4(2)9-10-5(6)7(11)12/h8H,3H2,1-2H3,(H,9,10)(H,11,12). The molecule has 8 heteroatoms. The van der Waals surface area contributed by atoms with Gasteiger partial charge >= 0.3 is 5.97 Å². The maximum atomic E-state index is 11.6. The summed E-state index contributed by atoms with van der Waals surface area (Å²) in [7, 11) is -3.80. The van der Waals surface area contributed by atoms with E-state index in [2.05, 4.69) is 14.9 Å². The molecule has 1 aromatic rings. The molecule has 0 saturated carbocycles. The van der Waals surface area contributed by atoms with Crippen molar-refractivity contribution >= 4 is 16.0 Å². The minimum Gasteiger partial charge on any atom is -0.476 e. The second kappa shape index (κ2) is 3.99. The van der Waals surface area contributed by atoms with E-state index < -0.39 is 21.7 Å². The summed E-state index contributed by atoms with van der Waals surface area (Å²) < 4.78 is 25.4. The van der Waals surface area contributed by atoms with Gasteiger partial charge in [-0.1, -0.05) is 6.92 Å². The average molecular weight is 233 g/mol. The first-order valence-corrected chi connectivity index (χ1v) is 5.66. The van der Waals surface area contributed by atoms with Gasteiger partial charge in [0.1, 0.15) is 4.90 Å². The molecule has 0 aliphatic heterocycles. The van der Waals surface area contributed by atoms with Crippen LogP contribution in [-0.4, -0.2) is 36.2 Å². The predicted molar refractivity (Wildman–Crippen MR) is 51.1 cm³/mol. The van der Waals surface area contributed by atoms with Crippen LogP contribution in [0.2, 0.25) is 0 Å². The Kier molecular flexibility index (Phi) is 3.10. The van der Waals surface area contributed by atoms with Crippen LogP contribution in [0.1, 0.15) is 23.1 Å². The third kappa shape index (κ3) is 2.16. The van der Waals surface area contributed by atoms with Crippen LogP contribution in [0.5, 0.6) is 0 Å². The number of aryl methyl sites for hydroxylation is 1. The lowest BCUT2D eigenvalue weighted by Gasteiger charge is -2.03. The molecule has 0 saturated heterocycles. The van der Waals surface area contributed by atoms with Crippen LogP contribution in [0, 0.1) is 6.92 Å². The Hall–Kier alpha value is -1.41. The number of aromatic carboxylic acids is 1. The monoisotopic (exact) mass is 233 g/mol. The summed E-state index contributed by atoms with van der Waals surface area (Å²) in [5.41, 5.74) is -0.290. The molecule has 3 N–H and O–H groups in total. The van der Waals surface area contributed by atoms with Crippen LogP contribution in [0.25, 0.3) is 0 Å². The maximum Gasteiger partial charge on any atom is 0.357 e. The van der Waals surface area contributed by atoms with Gasteiger partial charge in [-0.3, -0.25) is 5.10 Å². The van der Waals surface area contributed by atoms with E-state index in [0.29, 0.717) is 0 Å². The van der Waals surface area contributed by atoms with Gasteiger partial charge in [0.25, 0.3) is 0 Å². The number of rotatable bonds is 4. The fourth-order valence-corrected chi connectivity index (χ4v) is 2.52. The van der Waals surface area contributed by atoms with E-state index in [4.69, 9.17) is 5.11 Å². The molecule has 0 unspecified atom stereocenters. The summed E-state index contributed by atoms with van der Waals surface area (Å²) in [6, 6.07) is 0. The van der Waals surface area contributed by atoms with E-state index >= 15 is 0 Å². The van der Waals surface area contributed by atoms with Gasteiger partial charge in [0.15, 0.2) is 5.69 Å². The Morgan fingerprint density at radius 2 is 2.20 bits per heavy atom. The minimum absolute atomic E-state index is 0.187. The van der Waals surface area contributed by atoms with Crippen LogP contribution in [0.3, 0.4) is 0 Å². The third-order valence-electron chi connectivity index (χ3n) is 1.70. The van der Waals surface area contributed by atoms with E-state index in [9.17, 15) is 13.2 Å². The molecule has 1 heterocycles. The summed E-state index contributed by atoms with van der Waals surface area (Å²) in [5.74, 6) is -1.38. The van der Waals surface area contributed by atoms with E-state index in [-0.39, 0.29) is 17.1 Å². The Morgan fingerprint density at radius 3 is 2.67 bits per heavy atom. The number of carboxylic acid groups (broad SMARTS) is 1. The summed E-state index contributed by atoms with van der Waals surface area (Å²) in [5, 5.41) is 14.5. The van der Waals surface area contributed by atoms with Crippen molar-refractivity contribution in [3.63, 3.8) is 0 Å². The number of carboxylic acids is 1. The van der Waals surface area contributed by atoms with Gasteiger partial charge in [-0.2, -0.15) is 5.10 Å². The first-order chi connectivity index (χ1) is 6.90. The summed E-state index contributed by atoms with van der Waals surface area (Å²) >= 11 is 0. The zero-order valence-electron chi connectivity index (χ0n) is 8.23. The molecule has 0 aliphatic rings. The lowest BCUT2D eigenvalue weighted by molar-refractivity contribution is 0.0686. The van der Waals surface area contributed by atoms with Crippen LogP contribution in [-0.2, 0) is 10.0 Å². The molecular formula is C7H11N3O4S. The largest absolute Gasteiger partial charge is 0.476 e. The molecule has 15 heavy (non-hydrogen) atoms. The van der Waals surface area contributed by atoms with Crippen molar-refractivity contribution in [2.75, 3.05) is 6.54 Å². The third-order valence-corrected chi connectivity index (χ3v) is 3.40. The molecule has 0 amide bonds. The molecule has 0 fully saturated rings. The van der Waals surface area contributed by atoms with Gasteiger partial charge < -0.3 is 5.11 Å². The normalized spacial score (nSPS) is 11.6. The van der Waals surface area contributed by atoms with Crippen LogP contribution in [0.4, 0.5) is 0 Å². The number of hydrogen-bond acceptors (Lipinski definition) is 4. The summed E-state index contributed by atoms with van der Waals surface area (Å²) in [6.07, 6.45) is 0. The molecule has 0 spiro atoms. The highest BCUT2D eigenvalue weighted by molar-refractivity contribution is 7.89. The number of hydrogen-bond donors (Lipinski definition) is 3. The van der Waals surface area contributed by atoms with Crippen molar-refractivity contribution in [1.29, 1.82) is 0 Å². The van der Waals surface area contributed by atoms with Crippen molar-refractivity contribution in [3.8, 4) is 0 Å². The van der Waals surface area contributed by atoms with Crippen LogP contribution in [0.15, 0.2) is 4.90 Å². The molecule has 1 rings (SSSR count). The highest BCUT2D eigenvalue weighted by Gasteiger charge is 2.27. The number of carbonyl (C=O) groups is 1. The summed E-state index contributed by atoms with van der Waals surface area (Å²) in [4.78, 5) is 10.4. The van der Waals surface area contributed by atoms with Crippen molar-refractivity contribution in [3.05, 3.63) is 11.4 Å². The van der Waals surface area contributed by atoms with Gasteiger partial charge in [-0.05, 0) is 6.92 Å². The molecule has 1 aromatic heterocycles. The molecule has 84 valence electrons. The zero-order valence-corrected chi connectivity index (χ0v) is 9.05. The lowest BCUT2D eigenvalue weighted by atomic mass is 10.4. The van der Waals surface area contributed by atoms with Gasteiger partial charge in [-0.15, -0.1) is 0 Å². The van der Waals surface area contributed by atoms with Crippen molar-refractivity contribution in [2.45, 2.75) is 18.7 Å². The van der Waals surface area contributed by atoms with Gasteiger partial charge in [0.2, 0.25) is 10.0 Å². The SMILES string of the molecule is CCNS(=O)(=O)c1c(C(=O)O)n[nH]c1C. The second-order valence-electron chi connectivity index (χ2n) is 2.83. The Balaban J connectivity index is 3.36. The number of sulfonamides is 1. The number of nitrogens with one attached hydrogen (secondary N) is 2. The molecular weight excluding hydrogens is 222 g/mol. The van der Waals surface area contributed by atoms with Gasteiger partial charge in [-0.25, -0.2) is 17.9 Å². The van der Waals surface area contributed by atoms with Crippen molar-refractivity contribution in [1.82, 2.24) is 14.9 Å². The van der Waals surface area contributed by atoms with E-state index in [1.807, 2.05) is 0 Å². The fraction of sp³-hybridized carbons (Fsp3) is 0.429. The fourth-order valence-electron chi connectivity index (χ4n) is 1.15. The first-order valence-electron chi connectivity index (χ1n) is 4.18. The maximum absolute atomic E-state index is 11.6. The van der Waals surface area contributed by atoms with Crippen molar-refractivity contribution in [2.24, 2.45) is 0 Å². The van der Waals surface area contributed by atoms with Crippen LogP contribution < -0.4 is 4.72 Å². The van der Waals surface area contributed by atoms with E-state index in [1.54, 1.807) is 6.92 Å². The smallest absolute Gasteiger partial charge is 0.357 e. The Morgan fingerprint density at radius 1 is 1.60 bits per heavy atom. The van der Waals surface area contributed by atoms with E-state index in [0.717, 1.165) is 0 Å². The molecule has 0 atom stereocenters. The molecule has 0 aliphatic carbocycles. The van der Waals surface area contributed by atoms with Crippen LogP contribution >= 0.6 is 0 Å². The quantitative estimate of drug-likeness (QED) is 0.661. The number of nitrogens with zero attached hydrogens (tertiary/aromatic N) is 1. The highest BCUT2D eigenvalue weighted by atomic mass is 32.2. The average Bonchev–Trinajstić information content (AvgIpc) is 2.47. The predicted octanol–water partition coefficient (Wildman–Crippen LogP) is -0.285. The Labute approximate surface area is 86.6 Å². The lowest BCUT2D eigenvalue weighted by Crippen LogP contribution is -2.25. The number of aromatic amines is 1. The minimum atomic E-state index is -3.80. The molecule has 0 aromatic carbocycles. The first kappa shape index (κ1) is 11.7. The topological polar surface area (TPSA) is 112 Å². The van der Waals surface area contributed by atoms with Crippen molar-refractivity contribution < 1.29 is 18.3 Å². The molecule has 7 nitrogen and oxygen atoms in total. The molecule has 0 bridgehead atoms. The van der Waals surface area contributed by atoms with E-state index in [1.165, 1.54) is 6.92 Å². The number of aromatic nitrogens is 2. The second-order valence-corrected chi connectivity index (χ2v) is 4.54. The summed E-state index contributed by atoms with van der Waals surface area (Å²) in [6.45, 7) is 3.24. The Bertz CT molecular complexity index is 476. The zero-order chi connectivity index (χ0) is 11.6.